The lowest BCUT2D eigenvalue weighted by Gasteiger charge is -2.27. The molecule has 7 heteroatoms. The summed E-state index contributed by atoms with van der Waals surface area (Å²) in [6.45, 7) is 2.64. The Bertz CT molecular complexity index is 997. The zero-order valence-electron chi connectivity index (χ0n) is 19.3. The van der Waals surface area contributed by atoms with Crippen molar-refractivity contribution in [3.05, 3.63) is 96.1 Å². The first kappa shape index (κ1) is 24.1. The quantitative estimate of drug-likeness (QED) is 0.454. The molecule has 0 saturated carbocycles. The van der Waals surface area contributed by atoms with Crippen LogP contribution >= 0.6 is 0 Å². The number of nitrogens with zero attached hydrogens (tertiary/aromatic N) is 5. The SMILES string of the molecule is CN(C)CCN(Cc1ccccc1)C(=O)CCN(Cc1ccccc1)C(=O)c1cnccn1. The van der Waals surface area contributed by atoms with Crippen molar-refractivity contribution < 1.29 is 9.59 Å². The van der Waals surface area contributed by atoms with Crippen molar-refractivity contribution >= 4 is 11.8 Å². The maximum absolute atomic E-state index is 13.2. The van der Waals surface area contributed by atoms with Crippen LogP contribution in [0.2, 0.25) is 0 Å². The predicted molar refractivity (Wildman–Crippen MR) is 128 cm³/mol. The van der Waals surface area contributed by atoms with Crippen molar-refractivity contribution in [1.29, 1.82) is 0 Å². The third-order valence-corrected chi connectivity index (χ3v) is 5.27. The smallest absolute Gasteiger partial charge is 0.274 e. The predicted octanol–water partition coefficient (Wildman–Crippen LogP) is 3.10. The van der Waals surface area contributed by atoms with Gasteiger partial charge in [-0.1, -0.05) is 60.7 Å². The normalized spacial score (nSPS) is 10.8. The minimum absolute atomic E-state index is 0.0192. The molecule has 3 aromatic rings. The van der Waals surface area contributed by atoms with E-state index in [0.717, 1.165) is 17.7 Å². The van der Waals surface area contributed by atoms with Gasteiger partial charge in [0.25, 0.3) is 5.91 Å². The summed E-state index contributed by atoms with van der Waals surface area (Å²) in [7, 11) is 3.98. The molecular weight excluding hydrogens is 414 g/mol. The molecule has 1 heterocycles. The maximum atomic E-state index is 13.2. The summed E-state index contributed by atoms with van der Waals surface area (Å²) < 4.78 is 0. The molecule has 1 aromatic heterocycles. The molecule has 7 nitrogen and oxygen atoms in total. The second kappa shape index (κ2) is 12.5. The second-order valence-electron chi connectivity index (χ2n) is 8.16. The molecule has 3 rings (SSSR count). The zero-order valence-corrected chi connectivity index (χ0v) is 19.3. The van der Waals surface area contributed by atoms with E-state index >= 15 is 0 Å². The number of hydrogen-bond donors (Lipinski definition) is 0. The molecule has 172 valence electrons. The highest BCUT2D eigenvalue weighted by molar-refractivity contribution is 5.92. The van der Waals surface area contributed by atoms with Crippen LogP contribution in [0, 0.1) is 0 Å². The van der Waals surface area contributed by atoms with Crippen molar-refractivity contribution in [1.82, 2.24) is 24.7 Å². The number of amides is 2. The fraction of sp³-hybridized carbons (Fsp3) is 0.308. The Hall–Kier alpha value is -3.58. The molecule has 0 spiro atoms. The monoisotopic (exact) mass is 445 g/mol. The highest BCUT2D eigenvalue weighted by Gasteiger charge is 2.21. The summed E-state index contributed by atoms with van der Waals surface area (Å²) in [4.78, 5) is 40.1. The fourth-order valence-corrected chi connectivity index (χ4v) is 3.43. The van der Waals surface area contributed by atoms with E-state index < -0.39 is 0 Å². The summed E-state index contributed by atoms with van der Waals surface area (Å²) >= 11 is 0. The molecular formula is C26H31N5O2. The molecule has 2 amide bonds. The van der Waals surface area contributed by atoms with E-state index in [-0.39, 0.29) is 23.9 Å². The number of aromatic nitrogens is 2. The molecule has 0 aliphatic carbocycles. The van der Waals surface area contributed by atoms with E-state index in [0.29, 0.717) is 26.2 Å². The minimum Gasteiger partial charge on any atom is -0.337 e. The summed E-state index contributed by atoms with van der Waals surface area (Å²) in [5, 5.41) is 0. The lowest BCUT2D eigenvalue weighted by molar-refractivity contribution is -0.132. The Morgan fingerprint density at radius 2 is 1.36 bits per heavy atom. The van der Waals surface area contributed by atoms with Gasteiger partial charge in [0.15, 0.2) is 0 Å². The number of likely N-dealkylation sites (N-methyl/N-ethyl adjacent to an activating group) is 1. The first-order valence-corrected chi connectivity index (χ1v) is 11.1. The van der Waals surface area contributed by atoms with Crippen molar-refractivity contribution in [2.75, 3.05) is 33.7 Å². The molecule has 33 heavy (non-hydrogen) atoms. The molecule has 0 unspecified atom stereocenters. The lowest BCUT2D eigenvalue weighted by atomic mass is 10.2. The van der Waals surface area contributed by atoms with E-state index in [9.17, 15) is 9.59 Å². The van der Waals surface area contributed by atoms with Crippen molar-refractivity contribution in [3.63, 3.8) is 0 Å². The largest absolute Gasteiger partial charge is 0.337 e. The Balaban J connectivity index is 1.71. The second-order valence-corrected chi connectivity index (χ2v) is 8.16. The maximum Gasteiger partial charge on any atom is 0.274 e. The molecule has 0 aliphatic heterocycles. The first-order valence-electron chi connectivity index (χ1n) is 11.1. The molecule has 0 atom stereocenters. The number of rotatable bonds is 11. The third-order valence-electron chi connectivity index (χ3n) is 5.27. The highest BCUT2D eigenvalue weighted by Crippen LogP contribution is 2.11. The van der Waals surface area contributed by atoms with Gasteiger partial charge < -0.3 is 14.7 Å². The summed E-state index contributed by atoms with van der Waals surface area (Å²) in [6.07, 6.45) is 4.73. The summed E-state index contributed by atoms with van der Waals surface area (Å²) in [6, 6.07) is 19.7. The Morgan fingerprint density at radius 3 is 1.91 bits per heavy atom. The Labute approximate surface area is 195 Å². The Morgan fingerprint density at radius 1 is 0.758 bits per heavy atom. The van der Waals surface area contributed by atoms with Gasteiger partial charge in [0.2, 0.25) is 5.91 Å². The van der Waals surface area contributed by atoms with Gasteiger partial charge in [0.05, 0.1) is 6.20 Å². The van der Waals surface area contributed by atoms with Crippen LogP contribution in [0.15, 0.2) is 79.3 Å². The summed E-state index contributed by atoms with van der Waals surface area (Å²) in [5.74, 6) is -0.214. The van der Waals surface area contributed by atoms with E-state index in [4.69, 9.17) is 0 Å². The molecule has 0 bridgehead atoms. The standard InChI is InChI=1S/C26H31N5O2/c1-29(2)17-18-30(20-22-9-5-3-6-10-22)25(32)13-16-31(21-23-11-7-4-8-12-23)26(33)24-19-27-14-15-28-24/h3-12,14-15,19H,13,16-18,20-21H2,1-2H3. The van der Waals surface area contributed by atoms with E-state index in [1.807, 2.05) is 79.7 Å². The van der Waals surface area contributed by atoms with Gasteiger partial charge in [0, 0.05) is 51.5 Å². The van der Waals surface area contributed by atoms with E-state index in [2.05, 4.69) is 14.9 Å². The van der Waals surface area contributed by atoms with Crippen LogP contribution in [-0.2, 0) is 17.9 Å². The molecule has 0 fully saturated rings. The number of benzene rings is 2. The molecule has 0 saturated heterocycles. The average Bonchev–Trinajstić information content (AvgIpc) is 2.85. The van der Waals surface area contributed by atoms with Gasteiger partial charge >= 0.3 is 0 Å². The van der Waals surface area contributed by atoms with Crippen LogP contribution < -0.4 is 0 Å². The van der Waals surface area contributed by atoms with Crippen molar-refractivity contribution in [3.8, 4) is 0 Å². The first-order chi connectivity index (χ1) is 16.0. The highest BCUT2D eigenvalue weighted by atomic mass is 16.2. The number of hydrogen-bond acceptors (Lipinski definition) is 5. The van der Waals surface area contributed by atoms with E-state index in [1.54, 1.807) is 4.90 Å². The topological polar surface area (TPSA) is 69.6 Å². The third kappa shape index (κ3) is 7.80. The number of carbonyl (C=O) groups excluding carboxylic acids is 2. The van der Waals surface area contributed by atoms with Crippen LogP contribution in [0.1, 0.15) is 28.0 Å². The number of carbonyl (C=O) groups is 2. The van der Waals surface area contributed by atoms with Crippen LogP contribution in [0.5, 0.6) is 0 Å². The van der Waals surface area contributed by atoms with Gasteiger partial charge in [-0.05, 0) is 25.2 Å². The minimum atomic E-state index is -0.234. The fourth-order valence-electron chi connectivity index (χ4n) is 3.43. The average molecular weight is 446 g/mol. The lowest BCUT2D eigenvalue weighted by Crippen LogP contribution is -2.39. The van der Waals surface area contributed by atoms with Crippen LogP contribution in [-0.4, -0.2) is 70.2 Å². The molecule has 0 N–H and O–H groups in total. The van der Waals surface area contributed by atoms with Crippen LogP contribution in [0.25, 0.3) is 0 Å². The van der Waals surface area contributed by atoms with Crippen LogP contribution in [0.3, 0.4) is 0 Å². The van der Waals surface area contributed by atoms with Gasteiger partial charge in [-0.25, -0.2) is 4.98 Å². The van der Waals surface area contributed by atoms with Gasteiger partial charge in [-0.15, -0.1) is 0 Å². The van der Waals surface area contributed by atoms with Gasteiger partial charge in [-0.2, -0.15) is 0 Å². The molecule has 0 radical (unpaired) electrons. The van der Waals surface area contributed by atoms with Crippen molar-refractivity contribution in [2.45, 2.75) is 19.5 Å². The van der Waals surface area contributed by atoms with Crippen LogP contribution in [0.4, 0.5) is 0 Å². The summed E-state index contributed by atoms with van der Waals surface area (Å²) in [5.41, 5.74) is 2.35. The molecule has 2 aromatic carbocycles. The van der Waals surface area contributed by atoms with Gasteiger partial charge in [0.1, 0.15) is 5.69 Å². The molecule has 0 aliphatic rings. The Kier molecular flexibility index (Phi) is 9.08. The zero-order chi connectivity index (χ0) is 23.5. The van der Waals surface area contributed by atoms with Gasteiger partial charge in [-0.3, -0.25) is 14.6 Å². The van der Waals surface area contributed by atoms with Crippen molar-refractivity contribution in [2.24, 2.45) is 0 Å². The van der Waals surface area contributed by atoms with E-state index in [1.165, 1.54) is 18.6 Å².